The van der Waals surface area contributed by atoms with Crippen LogP contribution in [0.15, 0.2) is 170 Å². The summed E-state index contributed by atoms with van der Waals surface area (Å²) in [7, 11) is 0. The number of fused-ring (bicyclic) bond motifs is 8. The zero-order chi connectivity index (χ0) is 48.5. The van der Waals surface area contributed by atoms with Crippen LogP contribution in [0.4, 0.5) is 0 Å². The van der Waals surface area contributed by atoms with Crippen LogP contribution in [0.25, 0.3) is 90.9 Å². The average molecular weight is 1000 g/mol. The topological polar surface area (TPSA) is 94.4 Å². The number of rotatable bonds is 7. The second-order valence-electron chi connectivity index (χ2n) is 17.8. The molecule has 2 N–H and O–H groups in total. The minimum absolute atomic E-state index is 0. The van der Waals surface area contributed by atoms with E-state index in [4.69, 9.17) is 43.1 Å². The molecule has 2 atom stereocenters. The number of benzene rings is 6. The first-order valence-corrected chi connectivity index (χ1v) is 23.9. The van der Waals surface area contributed by atoms with Crippen LogP contribution in [0.1, 0.15) is 68.4 Å². The third-order valence-corrected chi connectivity index (χ3v) is 13.2. The van der Waals surface area contributed by atoms with Crippen molar-refractivity contribution in [1.82, 2.24) is 19.9 Å². The van der Waals surface area contributed by atoms with Crippen LogP contribution in [0.2, 0.25) is 10.0 Å². The number of aryl methyl sites for hydroxylation is 4. The minimum atomic E-state index is -0.997. The third kappa shape index (κ3) is 10.6. The zero-order valence-corrected chi connectivity index (χ0v) is 42.6. The van der Waals surface area contributed by atoms with Gasteiger partial charge in [0.1, 0.15) is 12.2 Å². The number of aliphatic hydroxyl groups excluding tert-OH is 2. The molecule has 11 rings (SSSR count). The molecule has 3 aromatic heterocycles. The molecular weight excluding hydrogens is 951 g/mol. The molecule has 346 valence electrons. The van der Waals surface area contributed by atoms with Gasteiger partial charge < -0.3 is 20.2 Å². The second-order valence-corrected chi connectivity index (χ2v) is 18.7. The molecule has 5 heterocycles. The molecule has 0 amide bonds. The Morgan fingerprint density at radius 1 is 0.338 bits per heavy atom. The summed E-state index contributed by atoms with van der Waals surface area (Å²) in [6, 6.07) is 56.4. The Morgan fingerprint density at radius 2 is 0.563 bits per heavy atom. The Hall–Kier alpha value is -6.87. The van der Waals surface area contributed by atoms with Gasteiger partial charge in [0.25, 0.3) is 0 Å². The Kier molecular flexibility index (Phi) is 14.7. The largest absolute Gasteiger partial charge is 2.00 e. The first-order valence-electron chi connectivity index (χ1n) is 23.2. The van der Waals surface area contributed by atoms with Gasteiger partial charge >= 0.3 is 21.7 Å². The molecule has 0 radical (unpaired) electrons. The SMILES string of the molecule is Cc1ccc(-c2c3nc(c(-c4ccc(C)cc4)c4ccc([n-]4)c(-c4ccc(C)cc4)c4nc(c(-c5ccc(C)cc5)c5ccc2[n-]5)C=C4)C=C3)cc1.OC(c1ccc(Cl)cc1)C(O)c1ccc(Cl)cc1.[Ti+2]. The maximum atomic E-state index is 10.1. The quantitative estimate of drug-likeness (QED) is 0.155. The van der Waals surface area contributed by atoms with Gasteiger partial charge in [-0.3, -0.25) is 0 Å². The Bertz CT molecular complexity index is 3180. The summed E-state index contributed by atoms with van der Waals surface area (Å²) >= 11 is 11.5. The zero-order valence-electron chi connectivity index (χ0n) is 39.6. The van der Waals surface area contributed by atoms with Crippen LogP contribution in [0.3, 0.4) is 0 Å². The van der Waals surface area contributed by atoms with Crippen LogP contribution in [0.5, 0.6) is 0 Å². The summed E-state index contributed by atoms with van der Waals surface area (Å²) in [5.41, 5.74) is 21.2. The van der Waals surface area contributed by atoms with Gasteiger partial charge in [0.15, 0.2) is 0 Å². The second kappa shape index (κ2) is 21.2. The summed E-state index contributed by atoms with van der Waals surface area (Å²) in [4.78, 5) is 21.5. The van der Waals surface area contributed by atoms with Crippen molar-refractivity contribution in [2.75, 3.05) is 0 Å². The number of hydrogen-bond acceptors (Lipinski definition) is 4. The van der Waals surface area contributed by atoms with E-state index in [1.807, 2.05) is 0 Å². The van der Waals surface area contributed by atoms with Crippen molar-refractivity contribution in [2.24, 2.45) is 0 Å². The first-order chi connectivity index (χ1) is 33.9. The number of nitrogens with zero attached hydrogens (tertiary/aromatic N) is 4. The van der Waals surface area contributed by atoms with Crippen LogP contribution >= 0.6 is 23.2 Å². The normalized spacial score (nSPS) is 12.5. The Labute approximate surface area is 439 Å². The predicted octanol–water partition coefficient (Wildman–Crippen LogP) is 15.6. The number of aliphatic hydroxyl groups is 2. The van der Waals surface area contributed by atoms with Crippen molar-refractivity contribution in [2.45, 2.75) is 39.9 Å². The Morgan fingerprint density at radius 3 is 0.789 bits per heavy atom. The van der Waals surface area contributed by atoms with Gasteiger partial charge in [-0.2, -0.15) is 0 Å². The van der Waals surface area contributed by atoms with Gasteiger partial charge in [0.2, 0.25) is 0 Å². The maximum absolute atomic E-state index is 10.1. The number of aromatic nitrogens is 4. The van der Waals surface area contributed by atoms with Crippen molar-refractivity contribution in [3.8, 4) is 44.5 Å². The molecule has 9 heteroatoms. The van der Waals surface area contributed by atoms with Crippen LogP contribution in [-0.2, 0) is 21.7 Å². The van der Waals surface area contributed by atoms with Crippen LogP contribution < -0.4 is 9.97 Å². The van der Waals surface area contributed by atoms with E-state index in [1.165, 1.54) is 22.3 Å². The minimum Gasteiger partial charge on any atom is -0.657 e. The molecule has 6 aromatic carbocycles. The van der Waals surface area contributed by atoms with Gasteiger partial charge in [0.05, 0.1) is 22.8 Å². The summed E-state index contributed by atoms with van der Waals surface area (Å²) in [6.45, 7) is 8.45. The average Bonchev–Trinajstić information content (AvgIpc) is 4.23. The van der Waals surface area contributed by atoms with Gasteiger partial charge in [0, 0.05) is 10.0 Å². The molecule has 0 saturated carbocycles. The third-order valence-electron chi connectivity index (χ3n) is 12.7. The maximum Gasteiger partial charge on any atom is 2.00 e. The molecule has 8 bridgehead atoms. The van der Waals surface area contributed by atoms with E-state index in [0.29, 0.717) is 21.2 Å². The van der Waals surface area contributed by atoms with Crippen molar-refractivity contribution in [3.05, 3.63) is 236 Å². The molecule has 9 aromatic rings. The van der Waals surface area contributed by atoms with E-state index >= 15 is 0 Å². The molecule has 0 saturated heterocycles. The predicted molar refractivity (Wildman–Crippen MR) is 290 cm³/mol. The molecule has 2 aliphatic heterocycles. The van der Waals surface area contributed by atoms with E-state index in [0.717, 1.165) is 89.4 Å². The van der Waals surface area contributed by atoms with Gasteiger partial charge in [-0.05, 0) is 132 Å². The van der Waals surface area contributed by atoms with E-state index in [9.17, 15) is 10.2 Å². The van der Waals surface area contributed by atoms with Crippen molar-refractivity contribution in [1.29, 1.82) is 0 Å². The van der Waals surface area contributed by atoms with Gasteiger partial charge in [-0.15, -0.1) is 22.1 Å². The smallest absolute Gasteiger partial charge is 0.657 e. The molecule has 2 aliphatic rings. The fraction of sp³-hybridized carbons (Fsp3) is 0.0968. The molecular formula is C62H48Cl2N4O2Ti. The molecule has 0 aliphatic carbocycles. The number of hydrogen-bond donors (Lipinski definition) is 2. The van der Waals surface area contributed by atoms with Crippen LogP contribution in [0, 0.1) is 27.7 Å². The van der Waals surface area contributed by atoms with Crippen molar-refractivity contribution < 1.29 is 31.9 Å². The van der Waals surface area contributed by atoms with E-state index in [2.05, 4.69) is 173 Å². The van der Waals surface area contributed by atoms with E-state index in [1.54, 1.807) is 48.5 Å². The molecule has 71 heavy (non-hydrogen) atoms. The van der Waals surface area contributed by atoms with E-state index in [-0.39, 0.29) is 21.7 Å². The van der Waals surface area contributed by atoms with E-state index < -0.39 is 12.2 Å². The molecule has 2 unspecified atom stereocenters. The summed E-state index contributed by atoms with van der Waals surface area (Å²) < 4.78 is 0. The summed E-state index contributed by atoms with van der Waals surface area (Å²) in [5, 5.41) is 21.3. The Balaban J connectivity index is 0.000000278. The summed E-state index contributed by atoms with van der Waals surface area (Å²) in [6.07, 6.45) is 6.48. The van der Waals surface area contributed by atoms with Gasteiger partial charge in [-0.25, -0.2) is 9.97 Å². The van der Waals surface area contributed by atoms with Crippen molar-refractivity contribution in [3.63, 3.8) is 0 Å². The fourth-order valence-electron chi connectivity index (χ4n) is 8.84. The van der Waals surface area contributed by atoms with Crippen molar-refractivity contribution >= 4 is 69.6 Å². The first kappa shape index (κ1) is 49.1. The van der Waals surface area contributed by atoms with Crippen LogP contribution in [-0.4, -0.2) is 20.2 Å². The van der Waals surface area contributed by atoms with Gasteiger partial charge in [-0.1, -0.05) is 191 Å². The molecule has 0 spiro atoms. The standard InChI is InChI=1S/C48H36N4.C14H12Cl2O2.Ti/c1-29-5-13-33(14-6-29)45-37-21-23-39(49-37)46(34-15-7-30(2)8-16-34)41-25-27-43(51-41)48(36-19-11-32(4)12-20-36)44-28-26-42(52-44)47(40-24-22-38(45)50-40)35-17-9-31(3)10-18-35;15-11-5-1-9(2-6-11)13(17)14(18)10-3-7-12(16)8-4-10;/h5-28H,1-4H3;1-8,13-14,17-18H;/q-2;;+2. The summed E-state index contributed by atoms with van der Waals surface area (Å²) in [5.74, 6) is 0. The molecule has 6 nitrogen and oxygen atoms in total. The number of halogens is 2. The monoisotopic (exact) mass is 998 g/mol. The molecule has 0 fully saturated rings. The fourth-order valence-corrected chi connectivity index (χ4v) is 9.09.